The smallest absolute Gasteiger partial charge is 0.237 e. The maximum absolute atomic E-state index is 11.9. The van der Waals surface area contributed by atoms with Crippen molar-refractivity contribution in [3.8, 4) is 0 Å². The van der Waals surface area contributed by atoms with E-state index in [4.69, 9.17) is 0 Å². The third-order valence-electron chi connectivity index (χ3n) is 2.02. The highest BCUT2D eigenvalue weighted by atomic mass is 19.4. The number of aryl methyl sites for hydroxylation is 2. The Hall–Kier alpha value is -1.07. The minimum atomic E-state index is -4.10. The van der Waals surface area contributed by atoms with Crippen molar-refractivity contribution >= 4 is 0 Å². The molecule has 0 aliphatic rings. The van der Waals surface area contributed by atoms with E-state index in [1.54, 1.807) is 11.0 Å². The normalized spacial score (nSPS) is 12.0. The van der Waals surface area contributed by atoms with E-state index in [1.165, 1.54) is 10.9 Å². The zero-order valence-corrected chi connectivity index (χ0v) is 8.67. The van der Waals surface area contributed by atoms with Gasteiger partial charge in [0.15, 0.2) is 0 Å². The Balaban J connectivity index is 2.39. The predicted octanol–water partition coefficient (Wildman–Crippen LogP) is 1.92. The molecule has 0 N–H and O–H groups in total. The van der Waals surface area contributed by atoms with Crippen molar-refractivity contribution in [1.29, 1.82) is 0 Å². The summed E-state index contributed by atoms with van der Waals surface area (Å²) in [5.74, 6) is 0. The Labute approximate surface area is 86.5 Å². The molecule has 1 rings (SSSR count). The molecule has 3 nitrogen and oxygen atoms in total. The maximum Gasteiger partial charge on any atom is 0.392 e. The largest absolute Gasteiger partial charge is 0.392 e. The van der Waals surface area contributed by atoms with Gasteiger partial charge >= 0.3 is 6.18 Å². The summed E-state index contributed by atoms with van der Waals surface area (Å²) in [6.45, 7) is 2.76. The van der Waals surface area contributed by atoms with Gasteiger partial charge in [-0.15, -0.1) is 4.68 Å². The first-order valence-corrected chi connectivity index (χ1v) is 4.99. The van der Waals surface area contributed by atoms with E-state index in [0.29, 0.717) is 0 Å². The number of unbranched alkanes of at least 4 members (excludes halogenated alkanes) is 1. The first kappa shape index (κ1) is 12.0. The van der Waals surface area contributed by atoms with Crippen LogP contribution < -0.4 is 4.57 Å². The van der Waals surface area contributed by atoms with Gasteiger partial charge in [0.25, 0.3) is 6.33 Å². The molecule has 0 aliphatic heterocycles. The van der Waals surface area contributed by atoms with E-state index in [-0.39, 0.29) is 6.54 Å². The molecule has 0 saturated heterocycles. The number of aromatic nitrogens is 3. The van der Waals surface area contributed by atoms with Gasteiger partial charge in [-0.05, 0) is 6.42 Å². The van der Waals surface area contributed by atoms with Crippen LogP contribution in [0, 0.1) is 0 Å². The highest BCUT2D eigenvalue weighted by Gasteiger charge is 2.27. The number of alkyl halides is 3. The number of nitrogens with zero attached hydrogens (tertiary/aromatic N) is 3. The summed E-state index contributed by atoms with van der Waals surface area (Å²) in [5.41, 5.74) is 0. The lowest BCUT2D eigenvalue weighted by Crippen LogP contribution is -2.33. The SMILES string of the molecule is CCCCn1c[n+](CCC(F)(F)F)cn1. The van der Waals surface area contributed by atoms with Crippen molar-refractivity contribution in [1.82, 2.24) is 9.78 Å². The number of halogens is 3. The summed E-state index contributed by atoms with van der Waals surface area (Å²) in [5, 5.41) is 3.97. The molecule has 0 saturated carbocycles. The van der Waals surface area contributed by atoms with Crippen molar-refractivity contribution < 1.29 is 17.7 Å². The van der Waals surface area contributed by atoms with Crippen molar-refractivity contribution in [3.63, 3.8) is 0 Å². The summed E-state index contributed by atoms with van der Waals surface area (Å²) in [6.07, 6.45) is 0.168. The number of hydrogen-bond donors (Lipinski definition) is 0. The van der Waals surface area contributed by atoms with E-state index in [9.17, 15) is 13.2 Å². The van der Waals surface area contributed by atoms with Crippen molar-refractivity contribution in [3.05, 3.63) is 12.7 Å². The molecule has 0 unspecified atom stereocenters. The molecular formula is C9H15F3N3+. The van der Waals surface area contributed by atoms with Gasteiger partial charge in [-0.1, -0.05) is 13.3 Å². The third kappa shape index (κ3) is 4.80. The Kier molecular flexibility index (Phi) is 4.11. The van der Waals surface area contributed by atoms with Crippen molar-refractivity contribution in [2.75, 3.05) is 0 Å². The van der Waals surface area contributed by atoms with Crippen LogP contribution in [0.1, 0.15) is 26.2 Å². The van der Waals surface area contributed by atoms with Gasteiger partial charge in [0, 0.05) is 5.10 Å². The second kappa shape index (κ2) is 5.14. The zero-order valence-electron chi connectivity index (χ0n) is 8.67. The fraction of sp³-hybridized carbons (Fsp3) is 0.778. The van der Waals surface area contributed by atoms with Crippen molar-refractivity contribution in [2.45, 2.75) is 45.5 Å². The Morgan fingerprint density at radius 2 is 2.13 bits per heavy atom. The van der Waals surface area contributed by atoms with E-state index < -0.39 is 12.6 Å². The van der Waals surface area contributed by atoms with Crippen molar-refractivity contribution in [2.24, 2.45) is 0 Å². The second-order valence-electron chi connectivity index (χ2n) is 3.47. The van der Waals surface area contributed by atoms with E-state index >= 15 is 0 Å². The summed E-state index contributed by atoms with van der Waals surface area (Å²) in [4.78, 5) is 0. The molecule has 0 bridgehead atoms. The summed E-state index contributed by atoms with van der Waals surface area (Å²) < 4.78 is 38.9. The van der Waals surface area contributed by atoms with Gasteiger partial charge in [-0.3, -0.25) is 0 Å². The van der Waals surface area contributed by atoms with Crippen LogP contribution in [-0.4, -0.2) is 16.0 Å². The van der Waals surface area contributed by atoms with Crippen LogP contribution in [0.4, 0.5) is 13.2 Å². The minimum Gasteiger partial charge on any atom is -0.237 e. The van der Waals surface area contributed by atoms with Gasteiger partial charge in [0.05, 0.1) is 13.0 Å². The quantitative estimate of drug-likeness (QED) is 0.697. The molecule has 0 atom stereocenters. The van der Waals surface area contributed by atoms with E-state index in [1.807, 2.05) is 0 Å². The fourth-order valence-corrected chi connectivity index (χ4v) is 1.17. The molecular weight excluding hydrogens is 207 g/mol. The molecule has 1 heterocycles. The zero-order chi connectivity index (χ0) is 11.3. The molecule has 86 valence electrons. The van der Waals surface area contributed by atoms with Gasteiger partial charge < -0.3 is 0 Å². The van der Waals surface area contributed by atoms with Gasteiger partial charge in [-0.25, -0.2) is 4.57 Å². The predicted molar refractivity (Wildman–Crippen MR) is 48.0 cm³/mol. The molecule has 0 amide bonds. The summed E-state index contributed by atoms with van der Waals surface area (Å²) in [7, 11) is 0. The van der Waals surface area contributed by atoms with E-state index in [0.717, 1.165) is 19.4 Å². The fourth-order valence-electron chi connectivity index (χ4n) is 1.17. The highest BCUT2D eigenvalue weighted by Crippen LogP contribution is 2.18. The van der Waals surface area contributed by atoms with Crippen LogP contribution in [0.2, 0.25) is 0 Å². The standard InChI is InChI=1S/C9H15F3N3/c1-2-3-5-15-8-14(7-13-15)6-4-9(10,11)12/h7-8H,2-6H2,1H3/q+1. The Morgan fingerprint density at radius 1 is 1.40 bits per heavy atom. The lowest BCUT2D eigenvalue weighted by Gasteiger charge is -2.02. The molecule has 0 aromatic carbocycles. The average Bonchev–Trinajstić information content (AvgIpc) is 2.58. The Bertz CT molecular complexity index is 293. The second-order valence-corrected chi connectivity index (χ2v) is 3.47. The van der Waals surface area contributed by atoms with Crippen LogP contribution >= 0.6 is 0 Å². The van der Waals surface area contributed by atoms with Crippen LogP contribution in [0.15, 0.2) is 12.7 Å². The first-order valence-electron chi connectivity index (χ1n) is 4.99. The van der Waals surface area contributed by atoms with Crippen LogP contribution in [0.25, 0.3) is 0 Å². The molecule has 0 radical (unpaired) electrons. The summed E-state index contributed by atoms with van der Waals surface area (Å²) in [6, 6.07) is 0. The van der Waals surface area contributed by atoms with Gasteiger partial charge in [0.1, 0.15) is 6.54 Å². The van der Waals surface area contributed by atoms with E-state index in [2.05, 4.69) is 12.0 Å². The molecule has 0 spiro atoms. The number of rotatable bonds is 5. The monoisotopic (exact) mass is 222 g/mol. The van der Waals surface area contributed by atoms with Crippen LogP contribution in [-0.2, 0) is 13.1 Å². The maximum atomic E-state index is 11.9. The molecule has 1 aromatic rings. The highest BCUT2D eigenvalue weighted by molar-refractivity contribution is 4.48. The topological polar surface area (TPSA) is 21.7 Å². The lowest BCUT2D eigenvalue weighted by atomic mass is 10.3. The average molecular weight is 222 g/mol. The first-order chi connectivity index (χ1) is 7.01. The molecule has 0 fully saturated rings. The third-order valence-corrected chi connectivity index (χ3v) is 2.02. The molecule has 0 aliphatic carbocycles. The molecule has 15 heavy (non-hydrogen) atoms. The number of hydrogen-bond acceptors (Lipinski definition) is 1. The summed E-state index contributed by atoms with van der Waals surface area (Å²) >= 11 is 0. The van der Waals surface area contributed by atoms with Gasteiger partial charge in [0.2, 0.25) is 6.33 Å². The minimum absolute atomic E-state index is 0.0599. The molecule has 1 aromatic heterocycles. The Morgan fingerprint density at radius 3 is 2.73 bits per heavy atom. The molecule has 6 heteroatoms. The lowest BCUT2D eigenvalue weighted by molar-refractivity contribution is -0.700. The van der Waals surface area contributed by atoms with Gasteiger partial charge in [-0.2, -0.15) is 13.2 Å². The van der Waals surface area contributed by atoms with Crippen LogP contribution in [0.3, 0.4) is 0 Å². The van der Waals surface area contributed by atoms with Crippen LogP contribution in [0.5, 0.6) is 0 Å².